The summed E-state index contributed by atoms with van der Waals surface area (Å²) in [5.74, 6) is 0.800. The molecule has 0 aliphatic rings. The largest absolute Gasteiger partial charge is 0.496 e. The molecule has 0 atom stereocenters. The molecular weight excluding hydrogens is 252 g/mol. The number of aromatic nitrogens is 1. The van der Waals surface area contributed by atoms with Crippen LogP contribution in [0.1, 0.15) is 23.9 Å². The molecule has 1 aromatic heterocycles. The average Bonchev–Trinajstić information content (AvgIpc) is 2.47. The molecule has 1 aromatic carbocycles. The van der Waals surface area contributed by atoms with Crippen LogP contribution in [0.15, 0.2) is 47.6 Å². The Morgan fingerprint density at radius 1 is 1.15 bits per heavy atom. The third kappa shape index (κ3) is 3.57. The lowest BCUT2D eigenvalue weighted by atomic mass is 10.2. The molecule has 0 aliphatic heterocycles. The minimum Gasteiger partial charge on any atom is -0.496 e. The van der Waals surface area contributed by atoms with Gasteiger partial charge in [-0.05, 0) is 32.0 Å². The monoisotopic (exact) mass is 270 g/mol. The van der Waals surface area contributed by atoms with E-state index in [2.05, 4.69) is 10.1 Å². The number of aryl methyl sites for hydroxylation is 1. The van der Waals surface area contributed by atoms with Crippen molar-refractivity contribution in [2.45, 2.75) is 20.5 Å². The average molecular weight is 270 g/mol. The molecule has 0 N–H and O–H groups in total. The molecule has 0 spiro atoms. The number of oxime groups is 1. The van der Waals surface area contributed by atoms with E-state index in [0.717, 1.165) is 28.4 Å². The maximum atomic E-state index is 5.39. The Balaban J connectivity index is 2.02. The Morgan fingerprint density at radius 3 is 2.70 bits per heavy atom. The van der Waals surface area contributed by atoms with Crippen LogP contribution in [0, 0.1) is 6.92 Å². The van der Waals surface area contributed by atoms with Crippen LogP contribution in [-0.4, -0.2) is 17.8 Å². The van der Waals surface area contributed by atoms with E-state index in [-0.39, 0.29) is 0 Å². The van der Waals surface area contributed by atoms with Gasteiger partial charge in [-0.2, -0.15) is 0 Å². The molecule has 4 heteroatoms. The lowest BCUT2D eigenvalue weighted by molar-refractivity contribution is 0.128. The zero-order valence-corrected chi connectivity index (χ0v) is 12.0. The Labute approximate surface area is 119 Å². The summed E-state index contributed by atoms with van der Waals surface area (Å²) in [5.41, 5.74) is 3.50. The molecule has 2 rings (SSSR count). The van der Waals surface area contributed by atoms with Crippen molar-refractivity contribution in [3.63, 3.8) is 0 Å². The molecule has 0 fully saturated rings. The van der Waals surface area contributed by atoms with Crippen LogP contribution in [0.25, 0.3) is 0 Å². The highest BCUT2D eigenvalue weighted by molar-refractivity contribution is 5.96. The molecule has 0 radical (unpaired) electrons. The van der Waals surface area contributed by atoms with Crippen LogP contribution in [0.3, 0.4) is 0 Å². The summed E-state index contributed by atoms with van der Waals surface area (Å²) in [7, 11) is 1.64. The second-order valence-corrected chi connectivity index (χ2v) is 4.43. The normalized spacial score (nSPS) is 11.2. The molecule has 0 bridgehead atoms. The summed E-state index contributed by atoms with van der Waals surface area (Å²) in [5, 5.41) is 4.10. The quantitative estimate of drug-likeness (QED) is 0.618. The lowest BCUT2D eigenvalue weighted by Crippen LogP contribution is -2.01. The van der Waals surface area contributed by atoms with Crippen LogP contribution in [0.5, 0.6) is 5.75 Å². The third-order valence-corrected chi connectivity index (χ3v) is 2.87. The van der Waals surface area contributed by atoms with Crippen molar-refractivity contribution in [1.29, 1.82) is 0 Å². The van der Waals surface area contributed by atoms with Gasteiger partial charge in [0, 0.05) is 11.3 Å². The first-order chi connectivity index (χ1) is 9.70. The van der Waals surface area contributed by atoms with Gasteiger partial charge in [0.05, 0.1) is 12.8 Å². The number of benzene rings is 1. The van der Waals surface area contributed by atoms with E-state index in [0.29, 0.717) is 6.61 Å². The van der Waals surface area contributed by atoms with Gasteiger partial charge >= 0.3 is 0 Å². The van der Waals surface area contributed by atoms with Crippen molar-refractivity contribution in [2.24, 2.45) is 5.16 Å². The molecule has 0 saturated heterocycles. The second kappa shape index (κ2) is 6.70. The fourth-order valence-electron chi connectivity index (χ4n) is 1.81. The summed E-state index contributed by atoms with van der Waals surface area (Å²) < 4.78 is 5.26. The number of hydrogen-bond donors (Lipinski definition) is 0. The predicted octanol–water partition coefficient (Wildman–Crippen LogP) is 3.34. The van der Waals surface area contributed by atoms with Gasteiger partial charge in [0.25, 0.3) is 0 Å². The summed E-state index contributed by atoms with van der Waals surface area (Å²) in [6.07, 6.45) is 0. The van der Waals surface area contributed by atoms with Crippen molar-refractivity contribution < 1.29 is 9.57 Å². The Hall–Kier alpha value is -2.36. The van der Waals surface area contributed by atoms with Crippen LogP contribution in [0.2, 0.25) is 0 Å². The van der Waals surface area contributed by atoms with Crippen LogP contribution < -0.4 is 4.74 Å². The molecule has 2 aromatic rings. The van der Waals surface area contributed by atoms with Crippen molar-refractivity contribution in [3.8, 4) is 5.75 Å². The molecular formula is C16H18N2O2. The molecule has 0 saturated carbocycles. The summed E-state index contributed by atoms with van der Waals surface area (Å²) in [6, 6.07) is 13.5. The zero-order chi connectivity index (χ0) is 14.4. The number of hydrogen-bond acceptors (Lipinski definition) is 4. The minimum absolute atomic E-state index is 0.368. The topological polar surface area (TPSA) is 43.7 Å². The molecule has 0 unspecified atom stereocenters. The van der Waals surface area contributed by atoms with E-state index >= 15 is 0 Å². The first-order valence-electron chi connectivity index (χ1n) is 6.43. The number of nitrogens with zero attached hydrogens (tertiary/aromatic N) is 2. The Morgan fingerprint density at radius 2 is 1.95 bits per heavy atom. The standard InChI is InChI=1S/C16H18N2O2/c1-12-7-6-9-15(17-12)13(2)18-20-11-14-8-4-5-10-16(14)19-3/h4-10H,11H2,1-3H3/b18-13+. The van der Waals surface area contributed by atoms with E-state index in [4.69, 9.17) is 9.57 Å². The molecule has 104 valence electrons. The number of para-hydroxylation sites is 1. The Bertz CT molecular complexity index is 609. The van der Waals surface area contributed by atoms with E-state index in [1.807, 2.05) is 56.3 Å². The van der Waals surface area contributed by atoms with Crippen LogP contribution >= 0.6 is 0 Å². The molecule has 0 amide bonds. The number of pyridine rings is 1. The first-order valence-corrected chi connectivity index (χ1v) is 6.43. The van der Waals surface area contributed by atoms with Gasteiger partial charge in [0.15, 0.2) is 0 Å². The molecule has 1 heterocycles. The van der Waals surface area contributed by atoms with Gasteiger partial charge < -0.3 is 9.57 Å². The van der Waals surface area contributed by atoms with E-state index in [9.17, 15) is 0 Å². The van der Waals surface area contributed by atoms with E-state index < -0.39 is 0 Å². The SMILES string of the molecule is COc1ccccc1CO/N=C(\C)c1cccc(C)n1. The van der Waals surface area contributed by atoms with Crippen molar-refractivity contribution in [2.75, 3.05) is 7.11 Å². The number of ether oxygens (including phenoxy) is 1. The fraction of sp³-hybridized carbons (Fsp3) is 0.250. The molecule has 20 heavy (non-hydrogen) atoms. The zero-order valence-electron chi connectivity index (χ0n) is 12.0. The predicted molar refractivity (Wildman–Crippen MR) is 79.0 cm³/mol. The van der Waals surface area contributed by atoms with Gasteiger partial charge in [-0.1, -0.05) is 29.4 Å². The highest BCUT2D eigenvalue weighted by Gasteiger charge is 2.03. The van der Waals surface area contributed by atoms with Crippen molar-refractivity contribution >= 4 is 5.71 Å². The number of rotatable bonds is 5. The smallest absolute Gasteiger partial charge is 0.145 e. The van der Waals surface area contributed by atoms with Crippen molar-refractivity contribution in [1.82, 2.24) is 4.98 Å². The van der Waals surface area contributed by atoms with Crippen molar-refractivity contribution in [3.05, 3.63) is 59.4 Å². The van der Waals surface area contributed by atoms with Gasteiger partial charge in [0.1, 0.15) is 18.1 Å². The number of methoxy groups -OCH3 is 1. The second-order valence-electron chi connectivity index (χ2n) is 4.43. The minimum atomic E-state index is 0.368. The molecule has 4 nitrogen and oxygen atoms in total. The maximum absolute atomic E-state index is 5.39. The van der Waals surface area contributed by atoms with E-state index in [1.165, 1.54) is 0 Å². The van der Waals surface area contributed by atoms with Crippen LogP contribution in [-0.2, 0) is 11.4 Å². The highest BCUT2D eigenvalue weighted by Crippen LogP contribution is 2.18. The van der Waals surface area contributed by atoms with E-state index in [1.54, 1.807) is 7.11 Å². The highest BCUT2D eigenvalue weighted by atomic mass is 16.6. The van der Waals surface area contributed by atoms with Crippen LogP contribution in [0.4, 0.5) is 0 Å². The summed E-state index contributed by atoms with van der Waals surface area (Å²) in [4.78, 5) is 9.78. The van der Waals surface area contributed by atoms with Gasteiger partial charge in [0.2, 0.25) is 0 Å². The first kappa shape index (κ1) is 14.1. The fourth-order valence-corrected chi connectivity index (χ4v) is 1.81. The van der Waals surface area contributed by atoms with Gasteiger partial charge in [-0.15, -0.1) is 0 Å². The maximum Gasteiger partial charge on any atom is 0.145 e. The van der Waals surface area contributed by atoms with Gasteiger partial charge in [-0.3, -0.25) is 4.98 Å². The summed E-state index contributed by atoms with van der Waals surface area (Å²) >= 11 is 0. The summed E-state index contributed by atoms with van der Waals surface area (Å²) in [6.45, 7) is 4.20. The molecule has 0 aliphatic carbocycles. The Kier molecular flexibility index (Phi) is 4.71. The third-order valence-electron chi connectivity index (χ3n) is 2.87. The van der Waals surface area contributed by atoms with Gasteiger partial charge in [-0.25, -0.2) is 0 Å². The lowest BCUT2D eigenvalue weighted by Gasteiger charge is -2.07.